The molecule has 0 aliphatic carbocycles. The van der Waals surface area contributed by atoms with Crippen molar-refractivity contribution in [3.8, 4) is 0 Å². The molecular weight excluding hydrogens is 284 g/mol. The van der Waals surface area contributed by atoms with Crippen LogP contribution in [0.4, 0.5) is 0 Å². The Morgan fingerprint density at radius 1 is 1.50 bits per heavy atom. The van der Waals surface area contributed by atoms with Crippen LogP contribution in [0.3, 0.4) is 0 Å². The van der Waals surface area contributed by atoms with E-state index < -0.39 is 0 Å². The van der Waals surface area contributed by atoms with Crippen molar-refractivity contribution >= 4 is 35.8 Å². The number of halogens is 2. The van der Waals surface area contributed by atoms with E-state index in [0.29, 0.717) is 27.3 Å². The molecule has 1 aliphatic heterocycles. The first kappa shape index (κ1) is 8.66. The highest BCUT2D eigenvalue weighted by atomic mass is 127. The van der Waals surface area contributed by atoms with Crippen LogP contribution in [0.25, 0.3) is 0 Å². The Bertz CT molecular complexity index is 346. The number of rotatable bonds is 2. The van der Waals surface area contributed by atoms with Crippen LogP contribution in [-0.2, 0) is 6.54 Å². The summed E-state index contributed by atoms with van der Waals surface area (Å²) in [6.45, 7) is 0.600. The molecule has 0 amide bonds. The lowest BCUT2D eigenvalue weighted by molar-refractivity contribution is 1.07. The van der Waals surface area contributed by atoms with Crippen molar-refractivity contribution < 1.29 is 0 Å². The molecule has 1 aromatic rings. The van der Waals surface area contributed by atoms with Gasteiger partial charge in [0.15, 0.2) is 0 Å². The Hall–Kier alpha value is 0.0700. The first-order valence-corrected chi connectivity index (χ1v) is 6.74. The maximum absolute atomic E-state index is 6.08. The summed E-state index contributed by atoms with van der Waals surface area (Å²) in [5.74, 6) is 0. The van der Waals surface area contributed by atoms with E-state index in [-0.39, 0.29) is 0 Å². The van der Waals surface area contributed by atoms with E-state index >= 15 is 0 Å². The highest BCUT2D eigenvalue weighted by Gasteiger charge is 2.17. The van der Waals surface area contributed by atoms with Gasteiger partial charge in [-0.3, -0.25) is 0 Å². The van der Waals surface area contributed by atoms with E-state index in [2.05, 4.69) is 6.07 Å². The third kappa shape index (κ3) is 1.56. The van der Waals surface area contributed by atoms with Crippen LogP contribution < -0.4 is 5.73 Å². The zero-order valence-corrected chi connectivity index (χ0v) is 9.39. The molecule has 1 aromatic carbocycles. The minimum atomic E-state index is 0.332. The molecule has 2 rings (SSSR count). The lowest BCUT2D eigenvalue weighted by Gasteiger charge is -2.05. The number of nitrogens with two attached hydrogens (primary N) is 1. The maximum atomic E-state index is 6.08. The summed E-state index contributed by atoms with van der Waals surface area (Å²) < 4.78 is 2.87. The van der Waals surface area contributed by atoms with Crippen LogP contribution in [0.5, 0.6) is 0 Å². The van der Waals surface area contributed by atoms with E-state index in [9.17, 15) is 0 Å². The molecule has 0 saturated carbocycles. The van der Waals surface area contributed by atoms with Gasteiger partial charge >= 0.3 is 0 Å². The van der Waals surface area contributed by atoms with Crippen LogP contribution in [0.2, 0.25) is 5.02 Å². The van der Waals surface area contributed by atoms with Gasteiger partial charge in [-0.05, 0) is 11.6 Å². The molecule has 3 heteroatoms. The molecule has 1 nitrogen and oxygen atoms in total. The Labute approximate surface area is 86.7 Å². The Morgan fingerprint density at radius 2 is 2.25 bits per heavy atom. The fraction of sp³-hybridized carbons (Fsp3) is 0.222. The van der Waals surface area contributed by atoms with Gasteiger partial charge in [0.1, 0.15) is 0 Å². The molecule has 0 atom stereocenters. The van der Waals surface area contributed by atoms with Crippen LogP contribution in [0, 0.1) is 0 Å². The molecule has 0 aromatic heterocycles. The summed E-state index contributed by atoms with van der Waals surface area (Å²) in [5, 5.41) is 0.880. The van der Waals surface area contributed by atoms with E-state index in [1.165, 1.54) is 15.6 Å². The van der Waals surface area contributed by atoms with E-state index in [0.717, 1.165) is 5.02 Å². The average Bonchev–Trinajstić information content (AvgIpc) is 2.87. The molecule has 2 N–H and O–H groups in total. The van der Waals surface area contributed by atoms with Gasteiger partial charge in [-0.2, -0.15) is 0 Å². The van der Waals surface area contributed by atoms with Crippen LogP contribution in [0.1, 0.15) is 11.1 Å². The standard InChI is InChI=1S/C9H9ClIN/c10-7-3-1-2-6(5-12)9(7)8-4-11-8/h1-3H,4-5,12H2. The normalized spacial score (nSPS) is 15.0. The first-order valence-electron chi connectivity index (χ1n) is 3.75. The van der Waals surface area contributed by atoms with Crippen LogP contribution >= 0.6 is 32.3 Å². The van der Waals surface area contributed by atoms with Crippen molar-refractivity contribution in [1.82, 2.24) is 0 Å². The molecule has 0 bridgehead atoms. The predicted octanol–water partition coefficient (Wildman–Crippen LogP) is 2.30. The lowest BCUT2D eigenvalue weighted by Crippen LogP contribution is -2.03. The molecule has 64 valence electrons. The van der Waals surface area contributed by atoms with Gasteiger partial charge in [-0.15, -0.1) is 20.7 Å². The van der Waals surface area contributed by atoms with Crippen molar-refractivity contribution in [3.05, 3.63) is 34.3 Å². The fourth-order valence-corrected chi connectivity index (χ4v) is 3.27. The smallest absolute Gasteiger partial charge is 0.0489 e. The fourth-order valence-electron chi connectivity index (χ4n) is 1.21. The average molecular weight is 294 g/mol. The zero-order chi connectivity index (χ0) is 8.55. The number of hydrogen-bond donors (Lipinski definition) is 1. The molecule has 12 heavy (non-hydrogen) atoms. The highest BCUT2D eigenvalue weighted by molar-refractivity contribution is 14.2. The second-order valence-electron chi connectivity index (χ2n) is 2.65. The van der Waals surface area contributed by atoms with Gasteiger partial charge in [0, 0.05) is 25.1 Å². The summed E-state index contributed by atoms with van der Waals surface area (Å²) in [7, 11) is 0. The molecule has 0 fully saturated rings. The van der Waals surface area contributed by atoms with E-state index in [1.807, 2.05) is 12.1 Å². The first-order chi connectivity index (χ1) is 5.83. The van der Waals surface area contributed by atoms with Crippen LogP contribution in [-0.4, -0.2) is 7.94 Å². The molecule has 0 radical (unpaired) electrons. The Morgan fingerprint density at radius 3 is 2.83 bits per heavy atom. The second kappa shape index (κ2) is 3.44. The van der Waals surface area contributed by atoms with Gasteiger partial charge in [0.25, 0.3) is 0 Å². The number of hydrogen-bond acceptors (Lipinski definition) is 1. The topological polar surface area (TPSA) is 26.0 Å². The second-order valence-corrected chi connectivity index (χ2v) is 5.89. The zero-order valence-electron chi connectivity index (χ0n) is 6.48. The molecule has 0 saturated heterocycles. The lowest BCUT2D eigenvalue weighted by atomic mass is 10.1. The van der Waals surface area contributed by atoms with Gasteiger partial charge in [0.2, 0.25) is 0 Å². The molecule has 1 heterocycles. The summed E-state index contributed by atoms with van der Waals surface area (Å²) in [6.07, 6.45) is 0. The Balaban J connectivity index is 2.53. The van der Waals surface area contributed by atoms with Gasteiger partial charge in [-0.1, -0.05) is 23.7 Å². The predicted molar refractivity (Wildman–Crippen MR) is 62.3 cm³/mol. The number of alkyl halides is 1. The summed E-state index contributed by atoms with van der Waals surface area (Å²) >= 11 is 6.42. The van der Waals surface area contributed by atoms with Crippen molar-refractivity contribution in [1.29, 1.82) is 0 Å². The summed E-state index contributed by atoms with van der Waals surface area (Å²) in [5.41, 5.74) is 8.09. The van der Waals surface area contributed by atoms with Crippen molar-refractivity contribution in [2.45, 2.75) is 6.54 Å². The number of benzene rings is 1. The minimum absolute atomic E-state index is 0.332. The van der Waals surface area contributed by atoms with E-state index in [4.69, 9.17) is 17.3 Å². The van der Waals surface area contributed by atoms with Gasteiger partial charge in [0.05, 0.1) is 0 Å². The minimum Gasteiger partial charge on any atom is -0.326 e. The van der Waals surface area contributed by atoms with Crippen molar-refractivity contribution in [3.63, 3.8) is 0 Å². The summed E-state index contributed by atoms with van der Waals surface area (Å²) in [4.78, 5) is 0. The quantitative estimate of drug-likeness (QED) is 0.657. The van der Waals surface area contributed by atoms with Crippen molar-refractivity contribution in [2.24, 2.45) is 5.73 Å². The maximum Gasteiger partial charge on any atom is 0.0489 e. The largest absolute Gasteiger partial charge is 0.326 e. The summed E-state index contributed by atoms with van der Waals surface area (Å²) in [6, 6.07) is 5.98. The molecule has 1 aliphatic rings. The van der Waals surface area contributed by atoms with Crippen LogP contribution in [0.15, 0.2) is 18.2 Å². The van der Waals surface area contributed by atoms with Gasteiger partial charge < -0.3 is 5.73 Å². The SMILES string of the molecule is NCc1cccc(Cl)c1C1=IC1. The third-order valence-corrected chi connectivity index (χ3v) is 4.24. The van der Waals surface area contributed by atoms with Crippen molar-refractivity contribution in [2.75, 3.05) is 4.43 Å². The molecular formula is C9H9ClIN. The molecule has 0 unspecified atom stereocenters. The monoisotopic (exact) mass is 293 g/mol. The Kier molecular flexibility index (Phi) is 2.48. The van der Waals surface area contributed by atoms with Gasteiger partial charge in [-0.25, -0.2) is 0 Å². The highest BCUT2D eigenvalue weighted by Crippen LogP contribution is 2.32. The van der Waals surface area contributed by atoms with E-state index in [1.54, 1.807) is 3.51 Å². The third-order valence-electron chi connectivity index (χ3n) is 1.86. The molecule has 0 spiro atoms.